The number of carbonyl (C=O) groups is 2. The normalized spacial score (nSPS) is 17.9. The summed E-state index contributed by atoms with van der Waals surface area (Å²) in [5.41, 5.74) is 0.599. The van der Waals surface area contributed by atoms with Crippen molar-refractivity contribution in [1.82, 2.24) is 10.2 Å². The second-order valence-electron chi connectivity index (χ2n) is 5.03. The zero-order valence-electron chi connectivity index (χ0n) is 11.6. The predicted octanol–water partition coefficient (Wildman–Crippen LogP) is 1.60. The molecule has 1 fully saturated rings. The van der Waals surface area contributed by atoms with E-state index in [9.17, 15) is 9.59 Å². The number of rotatable bonds is 5. The molecule has 1 aliphatic rings. The predicted molar refractivity (Wildman–Crippen MR) is 76.0 cm³/mol. The van der Waals surface area contributed by atoms with E-state index in [4.69, 9.17) is 5.11 Å². The van der Waals surface area contributed by atoms with Crippen LogP contribution in [-0.2, 0) is 0 Å². The van der Waals surface area contributed by atoms with Crippen molar-refractivity contribution in [2.24, 2.45) is 0 Å². The standard InChI is InChI=1S/C15H20N2O3/c1-2-8-17(13-6-7-16-10-13)14(18)11-4-3-5-12(9-11)15(19)20/h3-5,9,13,16H,2,6-8,10H2,1H3,(H,19,20). The van der Waals surface area contributed by atoms with E-state index in [1.54, 1.807) is 12.1 Å². The summed E-state index contributed by atoms with van der Waals surface area (Å²) in [6, 6.07) is 6.46. The third kappa shape index (κ3) is 3.17. The Morgan fingerprint density at radius 3 is 2.75 bits per heavy atom. The van der Waals surface area contributed by atoms with Gasteiger partial charge in [0.25, 0.3) is 5.91 Å². The molecule has 1 unspecified atom stereocenters. The molecule has 0 radical (unpaired) electrons. The van der Waals surface area contributed by atoms with Gasteiger partial charge in [0.15, 0.2) is 0 Å². The Morgan fingerprint density at radius 1 is 1.40 bits per heavy atom. The van der Waals surface area contributed by atoms with Gasteiger partial charge in [-0.3, -0.25) is 4.79 Å². The Labute approximate surface area is 118 Å². The molecular formula is C15H20N2O3. The fourth-order valence-corrected chi connectivity index (χ4v) is 2.55. The van der Waals surface area contributed by atoms with Gasteiger partial charge in [-0.05, 0) is 37.6 Å². The number of benzene rings is 1. The molecule has 20 heavy (non-hydrogen) atoms. The Balaban J connectivity index is 2.22. The van der Waals surface area contributed by atoms with E-state index in [-0.39, 0.29) is 17.5 Å². The first-order valence-corrected chi connectivity index (χ1v) is 6.98. The highest BCUT2D eigenvalue weighted by Crippen LogP contribution is 2.15. The van der Waals surface area contributed by atoms with Gasteiger partial charge in [0.1, 0.15) is 0 Å². The molecule has 1 amide bonds. The van der Waals surface area contributed by atoms with Gasteiger partial charge in [-0.15, -0.1) is 0 Å². The molecule has 5 heteroatoms. The monoisotopic (exact) mass is 276 g/mol. The van der Waals surface area contributed by atoms with Crippen molar-refractivity contribution >= 4 is 11.9 Å². The summed E-state index contributed by atoms with van der Waals surface area (Å²) in [6.07, 6.45) is 1.84. The van der Waals surface area contributed by atoms with E-state index in [0.29, 0.717) is 12.1 Å². The summed E-state index contributed by atoms with van der Waals surface area (Å²) in [5, 5.41) is 12.3. The van der Waals surface area contributed by atoms with Crippen LogP contribution in [0.3, 0.4) is 0 Å². The highest BCUT2D eigenvalue weighted by atomic mass is 16.4. The van der Waals surface area contributed by atoms with Crippen LogP contribution in [-0.4, -0.2) is 47.6 Å². The second-order valence-corrected chi connectivity index (χ2v) is 5.03. The quantitative estimate of drug-likeness (QED) is 0.857. The minimum atomic E-state index is -1.01. The maximum atomic E-state index is 12.6. The number of carboxylic acids is 1. The van der Waals surface area contributed by atoms with Gasteiger partial charge in [0, 0.05) is 24.7 Å². The van der Waals surface area contributed by atoms with Crippen LogP contribution in [0.2, 0.25) is 0 Å². The lowest BCUT2D eigenvalue weighted by Gasteiger charge is -2.28. The summed E-state index contributed by atoms with van der Waals surface area (Å²) < 4.78 is 0. The van der Waals surface area contributed by atoms with Gasteiger partial charge in [0.2, 0.25) is 0 Å². The lowest BCUT2D eigenvalue weighted by atomic mass is 10.1. The Morgan fingerprint density at radius 2 is 2.15 bits per heavy atom. The van der Waals surface area contributed by atoms with E-state index in [1.807, 2.05) is 11.8 Å². The molecule has 1 aliphatic heterocycles. The number of nitrogens with zero attached hydrogens (tertiary/aromatic N) is 1. The average Bonchev–Trinajstić information content (AvgIpc) is 2.98. The summed E-state index contributed by atoms with van der Waals surface area (Å²) in [4.78, 5) is 25.5. The zero-order valence-corrected chi connectivity index (χ0v) is 11.6. The first-order valence-electron chi connectivity index (χ1n) is 6.98. The molecule has 5 nitrogen and oxygen atoms in total. The van der Waals surface area contributed by atoms with Crippen LogP contribution < -0.4 is 5.32 Å². The fourth-order valence-electron chi connectivity index (χ4n) is 2.55. The minimum Gasteiger partial charge on any atom is -0.478 e. The fraction of sp³-hybridized carbons (Fsp3) is 0.467. The van der Waals surface area contributed by atoms with E-state index in [2.05, 4.69) is 5.32 Å². The number of aromatic carboxylic acids is 1. The molecule has 2 rings (SSSR count). The van der Waals surface area contributed by atoms with Crippen molar-refractivity contribution in [1.29, 1.82) is 0 Å². The Hall–Kier alpha value is -1.88. The lowest BCUT2D eigenvalue weighted by molar-refractivity contribution is 0.0692. The molecule has 1 aromatic carbocycles. The number of carboxylic acid groups (broad SMARTS) is 1. The second kappa shape index (κ2) is 6.52. The van der Waals surface area contributed by atoms with Crippen molar-refractivity contribution in [2.75, 3.05) is 19.6 Å². The maximum Gasteiger partial charge on any atom is 0.335 e. The summed E-state index contributed by atoms with van der Waals surface area (Å²) in [7, 11) is 0. The minimum absolute atomic E-state index is 0.0800. The van der Waals surface area contributed by atoms with Crippen LogP contribution in [0.4, 0.5) is 0 Å². The van der Waals surface area contributed by atoms with E-state index >= 15 is 0 Å². The Kier molecular flexibility index (Phi) is 4.74. The molecule has 0 spiro atoms. The molecule has 1 aromatic rings. The number of carbonyl (C=O) groups excluding carboxylic acids is 1. The van der Waals surface area contributed by atoms with Gasteiger partial charge in [0.05, 0.1) is 5.56 Å². The van der Waals surface area contributed by atoms with E-state index < -0.39 is 5.97 Å². The maximum absolute atomic E-state index is 12.6. The molecule has 0 aliphatic carbocycles. The molecule has 0 saturated carbocycles. The van der Waals surface area contributed by atoms with Crippen LogP contribution >= 0.6 is 0 Å². The molecule has 1 heterocycles. The topological polar surface area (TPSA) is 69.6 Å². The third-order valence-corrected chi connectivity index (χ3v) is 3.56. The van der Waals surface area contributed by atoms with Crippen LogP contribution in [0, 0.1) is 0 Å². The third-order valence-electron chi connectivity index (χ3n) is 3.56. The molecular weight excluding hydrogens is 256 g/mol. The van der Waals surface area contributed by atoms with E-state index in [1.165, 1.54) is 12.1 Å². The van der Waals surface area contributed by atoms with Crippen molar-refractivity contribution in [3.05, 3.63) is 35.4 Å². The highest BCUT2D eigenvalue weighted by Gasteiger charge is 2.26. The number of nitrogens with one attached hydrogen (secondary N) is 1. The van der Waals surface area contributed by atoms with Gasteiger partial charge in [-0.1, -0.05) is 13.0 Å². The molecule has 1 atom stereocenters. The van der Waals surface area contributed by atoms with Crippen molar-refractivity contribution in [3.63, 3.8) is 0 Å². The summed E-state index contributed by atoms with van der Waals surface area (Å²) >= 11 is 0. The molecule has 0 bridgehead atoms. The summed E-state index contributed by atoms with van der Waals surface area (Å²) in [5.74, 6) is -1.09. The van der Waals surface area contributed by atoms with Crippen molar-refractivity contribution in [3.8, 4) is 0 Å². The average molecular weight is 276 g/mol. The largest absolute Gasteiger partial charge is 0.478 e. The van der Waals surface area contributed by atoms with E-state index in [0.717, 1.165) is 25.9 Å². The van der Waals surface area contributed by atoms with Crippen LogP contribution in [0.1, 0.15) is 40.5 Å². The Bertz CT molecular complexity index is 496. The van der Waals surface area contributed by atoms with Crippen LogP contribution in [0.15, 0.2) is 24.3 Å². The van der Waals surface area contributed by atoms with Gasteiger partial charge in [-0.25, -0.2) is 4.79 Å². The zero-order chi connectivity index (χ0) is 14.5. The number of hydrogen-bond acceptors (Lipinski definition) is 3. The van der Waals surface area contributed by atoms with Crippen molar-refractivity contribution < 1.29 is 14.7 Å². The lowest BCUT2D eigenvalue weighted by Crippen LogP contribution is -2.42. The van der Waals surface area contributed by atoms with Gasteiger partial charge >= 0.3 is 5.97 Å². The molecule has 2 N–H and O–H groups in total. The molecule has 0 aromatic heterocycles. The van der Waals surface area contributed by atoms with Crippen LogP contribution in [0.5, 0.6) is 0 Å². The number of amides is 1. The summed E-state index contributed by atoms with van der Waals surface area (Å²) in [6.45, 7) is 4.47. The first-order chi connectivity index (χ1) is 9.63. The van der Waals surface area contributed by atoms with Crippen LogP contribution in [0.25, 0.3) is 0 Å². The highest BCUT2D eigenvalue weighted by molar-refractivity contribution is 5.97. The van der Waals surface area contributed by atoms with Gasteiger partial charge in [-0.2, -0.15) is 0 Å². The molecule has 1 saturated heterocycles. The van der Waals surface area contributed by atoms with Crippen molar-refractivity contribution in [2.45, 2.75) is 25.8 Å². The van der Waals surface area contributed by atoms with Gasteiger partial charge < -0.3 is 15.3 Å². The SMILES string of the molecule is CCCN(C(=O)c1cccc(C(=O)O)c1)C1CCNC1. The smallest absolute Gasteiger partial charge is 0.335 e. The molecule has 108 valence electrons. The number of hydrogen-bond donors (Lipinski definition) is 2. The first kappa shape index (κ1) is 14.5.